The standard InChI is InChI=1S/C8H11NO3/c9-12-8(5-10)6-2-1-3-7(11)4-6/h1-4,8,10-11H,5,9H2. The number of phenolic OH excluding ortho intramolecular Hbond substituents is 1. The second-order valence-corrected chi connectivity index (χ2v) is 2.40. The molecule has 0 bridgehead atoms. The summed E-state index contributed by atoms with van der Waals surface area (Å²) in [6.07, 6.45) is -0.572. The number of phenols is 1. The first-order valence-corrected chi connectivity index (χ1v) is 3.53. The normalized spacial score (nSPS) is 12.8. The van der Waals surface area contributed by atoms with E-state index in [1.165, 1.54) is 12.1 Å². The van der Waals surface area contributed by atoms with Crippen LogP contribution < -0.4 is 5.90 Å². The minimum absolute atomic E-state index is 0.128. The average molecular weight is 169 g/mol. The number of aliphatic hydroxyl groups is 1. The molecule has 4 heteroatoms. The van der Waals surface area contributed by atoms with Crippen LogP contribution in [-0.4, -0.2) is 16.8 Å². The lowest BCUT2D eigenvalue weighted by Crippen LogP contribution is -2.12. The van der Waals surface area contributed by atoms with E-state index in [1.807, 2.05) is 0 Å². The summed E-state index contributed by atoms with van der Waals surface area (Å²) in [7, 11) is 0. The molecule has 1 atom stereocenters. The summed E-state index contributed by atoms with van der Waals surface area (Å²) >= 11 is 0. The van der Waals surface area contributed by atoms with Gasteiger partial charge in [0.1, 0.15) is 11.9 Å². The van der Waals surface area contributed by atoms with E-state index in [0.717, 1.165) is 0 Å². The zero-order valence-electron chi connectivity index (χ0n) is 6.47. The van der Waals surface area contributed by atoms with Crippen molar-refractivity contribution < 1.29 is 15.1 Å². The third-order valence-electron chi connectivity index (χ3n) is 1.57. The Balaban J connectivity index is 2.85. The SMILES string of the molecule is NOC(CO)c1cccc(O)c1. The van der Waals surface area contributed by atoms with Gasteiger partial charge in [-0.1, -0.05) is 12.1 Å². The van der Waals surface area contributed by atoms with Crippen LogP contribution in [0.4, 0.5) is 0 Å². The Morgan fingerprint density at radius 2 is 2.25 bits per heavy atom. The van der Waals surface area contributed by atoms with Gasteiger partial charge in [-0.05, 0) is 17.7 Å². The van der Waals surface area contributed by atoms with Gasteiger partial charge in [-0.15, -0.1) is 0 Å². The fourth-order valence-electron chi connectivity index (χ4n) is 0.952. The Hall–Kier alpha value is -1.10. The number of hydrogen-bond acceptors (Lipinski definition) is 4. The fraction of sp³-hybridized carbons (Fsp3) is 0.250. The van der Waals surface area contributed by atoms with E-state index in [2.05, 4.69) is 4.84 Å². The summed E-state index contributed by atoms with van der Waals surface area (Å²) in [5.41, 5.74) is 0.653. The first-order valence-electron chi connectivity index (χ1n) is 3.53. The lowest BCUT2D eigenvalue weighted by Gasteiger charge is -2.11. The van der Waals surface area contributed by atoms with Crippen LogP contribution in [0.5, 0.6) is 5.75 Å². The third-order valence-corrected chi connectivity index (χ3v) is 1.57. The van der Waals surface area contributed by atoms with Crippen molar-refractivity contribution in [2.24, 2.45) is 5.90 Å². The molecule has 0 spiro atoms. The van der Waals surface area contributed by atoms with Gasteiger partial charge < -0.3 is 10.2 Å². The molecule has 0 aliphatic rings. The molecule has 0 fully saturated rings. The highest BCUT2D eigenvalue weighted by Crippen LogP contribution is 2.19. The van der Waals surface area contributed by atoms with Gasteiger partial charge in [0.25, 0.3) is 0 Å². The first-order chi connectivity index (χ1) is 5.77. The summed E-state index contributed by atoms with van der Waals surface area (Å²) in [5, 5.41) is 17.9. The van der Waals surface area contributed by atoms with Crippen LogP contribution in [0.1, 0.15) is 11.7 Å². The zero-order chi connectivity index (χ0) is 8.97. The van der Waals surface area contributed by atoms with Gasteiger partial charge in [-0.25, -0.2) is 5.90 Å². The molecule has 0 radical (unpaired) electrons. The Morgan fingerprint density at radius 3 is 2.75 bits per heavy atom. The molecular formula is C8H11NO3. The predicted molar refractivity (Wildman–Crippen MR) is 43.2 cm³/mol. The van der Waals surface area contributed by atoms with Gasteiger partial charge in [0.2, 0.25) is 0 Å². The summed E-state index contributed by atoms with van der Waals surface area (Å²) < 4.78 is 0. The van der Waals surface area contributed by atoms with Crippen molar-refractivity contribution in [3.63, 3.8) is 0 Å². The molecule has 0 saturated heterocycles. The van der Waals surface area contributed by atoms with E-state index in [-0.39, 0.29) is 12.4 Å². The molecular weight excluding hydrogens is 158 g/mol. The largest absolute Gasteiger partial charge is 0.508 e. The number of nitrogens with two attached hydrogens (primary N) is 1. The summed E-state index contributed by atoms with van der Waals surface area (Å²) in [5.74, 6) is 5.05. The quantitative estimate of drug-likeness (QED) is 0.569. The topological polar surface area (TPSA) is 75.7 Å². The fourth-order valence-corrected chi connectivity index (χ4v) is 0.952. The van der Waals surface area contributed by atoms with Crippen molar-refractivity contribution in [3.8, 4) is 5.75 Å². The molecule has 0 saturated carbocycles. The van der Waals surface area contributed by atoms with Gasteiger partial charge in [-0.2, -0.15) is 0 Å². The highest BCUT2D eigenvalue weighted by atomic mass is 16.6. The Labute approximate surface area is 70.2 Å². The van der Waals surface area contributed by atoms with Crippen LogP contribution in [0.15, 0.2) is 24.3 Å². The molecule has 1 unspecified atom stereocenters. The minimum Gasteiger partial charge on any atom is -0.508 e. The lowest BCUT2D eigenvalue weighted by molar-refractivity contribution is 0.0107. The second kappa shape index (κ2) is 4.06. The number of aromatic hydroxyl groups is 1. The first kappa shape index (κ1) is 8.99. The van der Waals surface area contributed by atoms with Crippen LogP contribution in [0.3, 0.4) is 0 Å². The monoisotopic (exact) mass is 169 g/mol. The Kier molecular flexibility index (Phi) is 3.04. The molecule has 0 amide bonds. The van der Waals surface area contributed by atoms with Crippen molar-refractivity contribution in [1.82, 2.24) is 0 Å². The van der Waals surface area contributed by atoms with Crippen LogP contribution in [-0.2, 0) is 4.84 Å². The summed E-state index contributed by atoms with van der Waals surface area (Å²) in [4.78, 5) is 4.48. The van der Waals surface area contributed by atoms with E-state index in [1.54, 1.807) is 12.1 Å². The molecule has 0 heterocycles. The zero-order valence-corrected chi connectivity index (χ0v) is 6.47. The molecule has 1 aromatic rings. The molecule has 4 nitrogen and oxygen atoms in total. The summed E-state index contributed by atoms with van der Waals surface area (Å²) in [6.45, 7) is -0.208. The van der Waals surface area contributed by atoms with Gasteiger partial charge in [0.15, 0.2) is 0 Å². The number of aliphatic hydroxyl groups excluding tert-OH is 1. The minimum atomic E-state index is -0.572. The van der Waals surface area contributed by atoms with E-state index >= 15 is 0 Å². The lowest BCUT2D eigenvalue weighted by atomic mass is 10.1. The van der Waals surface area contributed by atoms with Crippen molar-refractivity contribution in [3.05, 3.63) is 29.8 Å². The van der Waals surface area contributed by atoms with E-state index in [0.29, 0.717) is 5.56 Å². The van der Waals surface area contributed by atoms with Crippen LogP contribution >= 0.6 is 0 Å². The van der Waals surface area contributed by atoms with Crippen LogP contribution in [0.25, 0.3) is 0 Å². The van der Waals surface area contributed by atoms with Gasteiger partial charge in [0, 0.05) is 0 Å². The number of rotatable bonds is 3. The van der Waals surface area contributed by atoms with E-state index < -0.39 is 6.10 Å². The summed E-state index contributed by atoms with van der Waals surface area (Å²) in [6, 6.07) is 6.40. The van der Waals surface area contributed by atoms with Crippen molar-refractivity contribution in [2.45, 2.75) is 6.10 Å². The molecule has 1 rings (SSSR count). The van der Waals surface area contributed by atoms with Crippen LogP contribution in [0.2, 0.25) is 0 Å². The maximum atomic E-state index is 9.07. The molecule has 1 aromatic carbocycles. The predicted octanol–water partition coefficient (Wildman–Crippen LogP) is 0.316. The molecule has 4 N–H and O–H groups in total. The Morgan fingerprint density at radius 1 is 1.50 bits per heavy atom. The second-order valence-electron chi connectivity index (χ2n) is 2.40. The number of hydrogen-bond donors (Lipinski definition) is 3. The van der Waals surface area contributed by atoms with Gasteiger partial charge in [0.05, 0.1) is 6.61 Å². The van der Waals surface area contributed by atoms with E-state index in [4.69, 9.17) is 16.1 Å². The third kappa shape index (κ3) is 1.94. The molecule has 0 aromatic heterocycles. The van der Waals surface area contributed by atoms with Gasteiger partial charge >= 0.3 is 0 Å². The maximum absolute atomic E-state index is 9.07. The highest BCUT2D eigenvalue weighted by Gasteiger charge is 2.09. The molecule has 0 aliphatic heterocycles. The maximum Gasteiger partial charge on any atom is 0.127 e. The van der Waals surface area contributed by atoms with Crippen molar-refractivity contribution >= 4 is 0 Å². The Bertz CT molecular complexity index is 248. The van der Waals surface area contributed by atoms with Crippen molar-refractivity contribution in [2.75, 3.05) is 6.61 Å². The smallest absolute Gasteiger partial charge is 0.127 e. The number of benzene rings is 1. The molecule has 66 valence electrons. The van der Waals surface area contributed by atoms with Crippen LogP contribution in [0, 0.1) is 0 Å². The van der Waals surface area contributed by atoms with Gasteiger partial charge in [-0.3, -0.25) is 4.84 Å². The molecule has 0 aliphatic carbocycles. The molecule has 12 heavy (non-hydrogen) atoms. The highest BCUT2D eigenvalue weighted by molar-refractivity contribution is 5.28. The average Bonchev–Trinajstić information content (AvgIpc) is 2.07. The van der Waals surface area contributed by atoms with E-state index in [9.17, 15) is 0 Å². The van der Waals surface area contributed by atoms with Crippen molar-refractivity contribution in [1.29, 1.82) is 0 Å².